The molecule has 4 rings (SSSR count). The van der Waals surface area contributed by atoms with E-state index >= 15 is 0 Å². The molecule has 0 saturated carbocycles. The fraction of sp³-hybridized carbons (Fsp3) is 0.346. The number of para-hydroxylation sites is 1. The summed E-state index contributed by atoms with van der Waals surface area (Å²) in [7, 11) is 0. The first-order valence-corrected chi connectivity index (χ1v) is 11.4. The number of carbonyl (C=O) groups excluding carboxylic acids is 1. The number of benzene rings is 2. The minimum Gasteiger partial charge on any atom is -0.489 e. The SMILES string of the molecule is Cc1ncc(C(=O)NCc2ccccc2)c([C@H]2CCCCN2CCOc2ccccc2F)n1. The van der Waals surface area contributed by atoms with Gasteiger partial charge in [-0.1, -0.05) is 48.9 Å². The highest BCUT2D eigenvalue weighted by Gasteiger charge is 2.29. The van der Waals surface area contributed by atoms with Crippen molar-refractivity contribution in [1.82, 2.24) is 20.2 Å². The highest BCUT2D eigenvalue weighted by atomic mass is 19.1. The Hall–Kier alpha value is -3.32. The van der Waals surface area contributed by atoms with E-state index in [-0.39, 0.29) is 23.5 Å². The van der Waals surface area contributed by atoms with Crippen LogP contribution in [0.5, 0.6) is 5.75 Å². The number of hydrogen-bond donors (Lipinski definition) is 1. The van der Waals surface area contributed by atoms with Gasteiger partial charge in [-0.05, 0) is 44.0 Å². The van der Waals surface area contributed by atoms with Gasteiger partial charge in [-0.3, -0.25) is 9.69 Å². The Morgan fingerprint density at radius 2 is 1.94 bits per heavy atom. The molecule has 0 aliphatic carbocycles. The monoisotopic (exact) mass is 448 g/mol. The lowest BCUT2D eigenvalue weighted by Gasteiger charge is -2.36. The zero-order chi connectivity index (χ0) is 23.0. The van der Waals surface area contributed by atoms with E-state index in [1.807, 2.05) is 37.3 Å². The van der Waals surface area contributed by atoms with Crippen molar-refractivity contribution in [2.75, 3.05) is 19.7 Å². The maximum atomic E-state index is 13.9. The van der Waals surface area contributed by atoms with E-state index < -0.39 is 0 Å². The molecule has 172 valence electrons. The number of carbonyl (C=O) groups is 1. The maximum absolute atomic E-state index is 13.9. The Balaban J connectivity index is 1.47. The second kappa shape index (κ2) is 11.0. The van der Waals surface area contributed by atoms with Gasteiger partial charge in [0.15, 0.2) is 11.6 Å². The molecule has 1 saturated heterocycles. The minimum atomic E-state index is -0.364. The fourth-order valence-corrected chi connectivity index (χ4v) is 4.19. The molecule has 1 aromatic heterocycles. The lowest BCUT2D eigenvalue weighted by molar-refractivity contribution is 0.0934. The summed E-state index contributed by atoms with van der Waals surface area (Å²) in [5.74, 6) is 0.348. The van der Waals surface area contributed by atoms with Crippen LogP contribution in [0.15, 0.2) is 60.8 Å². The molecule has 0 unspecified atom stereocenters. The molecule has 6 nitrogen and oxygen atoms in total. The minimum absolute atomic E-state index is 0.0119. The van der Waals surface area contributed by atoms with Crippen molar-refractivity contribution < 1.29 is 13.9 Å². The van der Waals surface area contributed by atoms with Gasteiger partial charge in [-0.25, -0.2) is 14.4 Å². The van der Waals surface area contributed by atoms with Gasteiger partial charge in [-0.15, -0.1) is 0 Å². The molecule has 0 radical (unpaired) electrons. The molecular formula is C26H29FN4O2. The van der Waals surface area contributed by atoms with Crippen molar-refractivity contribution in [3.8, 4) is 5.75 Å². The summed E-state index contributed by atoms with van der Waals surface area (Å²) in [6, 6.07) is 16.2. The molecule has 3 aromatic rings. The van der Waals surface area contributed by atoms with E-state index in [1.54, 1.807) is 24.4 Å². The molecule has 33 heavy (non-hydrogen) atoms. The van der Waals surface area contributed by atoms with Crippen LogP contribution in [0.4, 0.5) is 4.39 Å². The first kappa shape index (κ1) is 22.9. The number of ether oxygens (including phenoxy) is 1. The van der Waals surface area contributed by atoms with Crippen molar-refractivity contribution in [3.63, 3.8) is 0 Å². The van der Waals surface area contributed by atoms with Crippen molar-refractivity contribution in [3.05, 3.63) is 89.3 Å². The molecular weight excluding hydrogens is 419 g/mol. The van der Waals surface area contributed by atoms with Crippen LogP contribution >= 0.6 is 0 Å². The van der Waals surface area contributed by atoms with Gasteiger partial charge in [-0.2, -0.15) is 0 Å². The Kier molecular flexibility index (Phi) is 7.62. The van der Waals surface area contributed by atoms with Crippen LogP contribution in [0.3, 0.4) is 0 Å². The largest absolute Gasteiger partial charge is 0.489 e. The van der Waals surface area contributed by atoms with E-state index in [9.17, 15) is 9.18 Å². The number of rotatable bonds is 8. The van der Waals surface area contributed by atoms with Crippen LogP contribution < -0.4 is 10.1 Å². The number of aromatic nitrogens is 2. The van der Waals surface area contributed by atoms with Gasteiger partial charge in [0.1, 0.15) is 12.4 Å². The number of likely N-dealkylation sites (tertiary alicyclic amines) is 1. The zero-order valence-corrected chi connectivity index (χ0v) is 18.8. The van der Waals surface area contributed by atoms with Gasteiger partial charge < -0.3 is 10.1 Å². The molecule has 7 heteroatoms. The van der Waals surface area contributed by atoms with E-state index in [1.165, 1.54) is 6.07 Å². The van der Waals surface area contributed by atoms with Crippen molar-refractivity contribution >= 4 is 5.91 Å². The standard InChI is InChI=1S/C26H29FN4O2/c1-19-28-18-21(26(32)29-17-20-9-3-2-4-10-20)25(30-19)23-12-7-8-14-31(23)15-16-33-24-13-6-5-11-22(24)27/h2-6,9-11,13,18,23H,7-8,12,14-17H2,1H3,(H,29,32)/t23-/m1/s1. The molecule has 1 atom stereocenters. The first-order valence-electron chi connectivity index (χ1n) is 11.4. The molecule has 2 heterocycles. The second-order valence-corrected chi connectivity index (χ2v) is 8.21. The topological polar surface area (TPSA) is 67.4 Å². The number of piperidine rings is 1. The van der Waals surface area contributed by atoms with Gasteiger partial charge in [0.25, 0.3) is 5.91 Å². The molecule has 0 spiro atoms. The summed E-state index contributed by atoms with van der Waals surface area (Å²) < 4.78 is 19.6. The maximum Gasteiger partial charge on any atom is 0.255 e. The fourth-order valence-electron chi connectivity index (χ4n) is 4.19. The lowest BCUT2D eigenvalue weighted by atomic mass is 9.96. The summed E-state index contributed by atoms with van der Waals surface area (Å²) in [5.41, 5.74) is 2.28. The van der Waals surface area contributed by atoms with Crippen molar-refractivity contribution in [1.29, 1.82) is 0 Å². The molecule has 0 bridgehead atoms. The molecule has 1 aliphatic rings. The molecule has 1 aliphatic heterocycles. The van der Waals surface area contributed by atoms with E-state index in [0.29, 0.717) is 31.1 Å². The number of nitrogens with one attached hydrogen (secondary N) is 1. The second-order valence-electron chi connectivity index (χ2n) is 8.21. The van der Waals surface area contributed by atoms with Crippen LogP contribution in [-0.2, 0) is 6.54 Å². The number of amides is 1. The number of halogens is 1. The number of hydrogen-bond acceptors (Lipinski definition) is 5. The predicted octanol–water partition coefficient (Wildman–Crippen LogP) is 4.46. The molecule has 1 amide bonds. The predicted molar refractivity (Wildman–Crippen MR) is 124 cm³/mol. The van der Waals surface area contributed by atoms with Gasteiger partial charge in [0.2, 0.25) is 0 Å². The summed E-state index contributed by atoms with van der Waals surface area (Å²) in [6.45, 7) is 4.13. The van der Waals surface area contributed by atoms with Gasteiger partial charge >= 0.3 is 0 Å². The summed E-state index contributed by atoms with van der Waals surface area (Å²) >= 11 is 0. The molecule has 1 fully saturated rings. The van der Waals surface area contributed by atoms with Crippen LogP contribution in [0.2, 0.25) is 0 Å². The Labute approximate surface area is 193 Å². The summed E-state index contributed by atoms with van der Waals surface area (Å²) in [4.78, 5) is 24.3. The quantitative estimate of drug-likeness (QED) is 0.551. The smallest absolute Gasteiger partial charge is 0.255 e. The zero-order valence-electron chi connectivity index (χ0n) is 18.8. The summed E-state index contributed by atoms with van der Waals surface area (Å²) in [6.07, 6.45) is 4.65. The van der Waals surface area contributed by atoms with Crippen LogP contribution in [0.1, 0.15) is 52.7 Å². The van der Waals surface area contributed by atoms with Crippen LogP contribution in [-0.4, -0.2) is 40.5 Å². The van der Waals surface area contributed by atoms with E-state index in [0.717, 1.165) is 37.1 Å². The van der Waals surface area contributed by atoms with Crippen molar-refractivity contribution in [2.24, 2.45) is 0 Å². The van der Waals surface area contributed by atoms with Gasteiger partial charge in [0.05, 0.1) is 17.3 Å². The first-order chi connectivity index (χ1) is 16.1. The van der Waals surface area contributed by atoms with Crippen molar-refractivity contribution in [2.45, 2.75) is 38.8 Å². The van der Waals surface area contributed by atoms with Crippen LogP contribution in [0, 0.1) is 12.7 Å². The Morgan fingerprint density at radius 3 is 2.76 bits per heavy atom. The van der Waals surface area contributed by atoms with Gasteiger partial charge in [0, 0.05) is 19.3 Å². The third kappa shape index (κ3) is 5.93. The average molecular weight is 449 g/mol. The molecule has 1 N–H and O–H groups in total. The Morgan fingerprint density at radius 1 is 1.15 bits per heavy atom. The Bertz CT molecular complexity index is 1080. The molecule has 2 aromatic carbocycles. The number of nitrogens with zero attached hydrogens (tertiary/aromatic N) is 3. The third-order valence-electron chi connectivity index (χ3n) is 5.88. The van der Waals surface area contributed by atoms with Crippen LogP contribution in [0.25, 0.3) is 0 Å². The van der Waals surface area contributed by atoms with E-state index in [2.05, 4.69) is 20.2 Å². The summed E-state index contributed by atoms with van der Waals surface area (Å²) in [5, 5.41) is 3.00. The average Bonchev–Trinajstić information content (AvgIpc) is 2.84. The van der Waals surface area contributed by atoms with E-state index in [4.69, 9.17) is 4.74 Å². The number of aryl methyl sites for hydroxylation is 1. The lowest BCUT2D eigenvalue weighted by Crippen LogP contribution is -2.38. The highest BCUT2D eigenvalue weighted by Crippen LogP contribution is 2.31. The normalized spacial score (nSPS) is 16.4. The highest BCUT2D eigenvalue weighted by molar-refractivity contribution is 5.95. The third-order valence-corrected chi connectivity index (χ3v) is 5.88.